The van der Waals surface area contributed by atoms with Gasteiger partial charge in [-0.1, -0.05) is 35.9 Å². The van der Waals surface area contributed by atoms with Crippen molar-refractivity contribution in [1.82, 2.24) is 15.5 Å². The van der Waals surface area contributed by atoms with E-state index in [0.717, 1.165) is 24.9 Å². The van der Waals surface area contributed by atoms with Gasteiger partial charge in [-0.15, -0.1) is 0 Å². The molecule has 0 unspecified atom stereocenters. The summed E-state index contributed by atoms with van der Waals surface area (Å²) in [6, 6.07) is 12.6. The molecule has 0 saturated carbocycles. The monoisotopic (exact) mass is 442 g/mol. The molecule has 1 aliphatic heterocycles. The van der Waals surface area contributed by atoms with Crippen LogP contribution in [-0.2, 0) is 17.8 Å². The van der Waals surface area contributed by atoms with Gasteiger partial charge >= 0.3 is 6.03 Å². The number of fused-ring (bicyclic) bond motifs is 1. The maximum Gasteiger partial charge on any atom is 0.315 e. The maximum atomic E-state index is 13.2. The Morgan fingerprint density at radius 2 is 1.84 bits per heavy atom. The van der Waals surface area contributed by atoms with Crippen molar-refractivity contribution in [3.63, 3.8) is 0 Å². The Labute approximate surface area is 187 Å². The van der Waals surface area contributed by atoms with Gasteiger partial charge in [-0.3, -0.25) is 9.59 Å². The smallest absolute Gasteiger partial charge is 0.315 e. The molecule has 2 aromatic carbocycles. The molecule has 3 rings (SSSR count). The first kappa shape index (κ1) is 22.6. The molecule has 164 valence electrons. The second kappa shape index (κ2) is 10.3. The lowest BCUT2D eigenvalue weighted by Gasteiger charge is -2.23. The summed E-state index contributed by atoms with van der Waals surface area (Å²) in [5.41, 5.74) is 3.32. The number of carbonyl (C=O) groups is 3. The Kier molecular flexibility index (Phi) is 7.52. The van der Waals surface area contributed by atoms with Crippen LogP contribution >= 0.6 is 11.6 Å². The maximum absolute atomic E-state index is 13.2. The van der Waals surface area contributed by atoms with E-state index in [2.05, 4.69) is 16.7 Å². The highest BCUT2D eigenvalue weighted by molar-refractivity contribution is 6.31. The highest BCUT2D eigenvalue weighted by Gasteiger charge is 2.22. The molecule has 4 amide bonds. The molecule has 0 saturated heterocycles. The number of likely N-dealkylation sites (N-methyl/N-ethyl adjacent to an activating group) is 1. The zero-order valence-corrected chi connectivity index (χ0v) is 18.5. The average Bonchev–Trinajstić information content (AvgIpc) is 2.98. The van der Waals surface area contributed by atoms with E-state index in [0.29, 0.717) is 22.7 Å². The fourth-order valence-electron chi connectivity index (χ4n) is 3.43. The van der Waals surface area contributed by atoms with Crippen molar-refractivity contribution in [2.24, 2.45) is 0 Å². The van der Waals surface area contributed by atoms with Crippen molar-refractivity contribution >= 4 is 35.1 Å². The van der Waals surface area contributed by atoms with Crippen molar-refractivity contribution in [2.75, 3.05) is 32.1 Å². The van der Waals surface area contributed by atoms with Crippen molar-refractivity contribution in [2.45, 2.75) is 25.8 Å². The number of halogens is 1. The number of nitrogens with zero attached hydrogens (tertiary/aromatic N) is 2. The fourth-order valence-corrected chi connectivity index (χ4v) is 3.68. The van der Waals surface area contributed by atoms with Crippen molar-refractivity contribution < 1.29 is 14.4 Å². The third-order valence-electron chi connectivity index (χ3n) is 5.24. The lowest BCUT2D eigenvalue weighted by Crippen LogP contribution is -2.41. The molecule has 0 aliphatic carbocycles. The Morgan fingerprint density at radius 1 is 1.06 bits per heavy atom. The number of anilines is 1. The first-order chi connectivity index (χ1) is 14.9. The Balaban J connectivity index is 1.65. The number of urea groups is 1. The molecule has 0 bridgehead atoms. The number of nitrogens with one attached hydrogen (secondary N) is 2. The van der Waals surface area contributed by atoms with Gasteiger partial charge in [0.25, 0.3) is 5.91 Å². The van der Waals surface area contributed by atoms with Gasteiger partial charge in [0.05, 0.1) is 6.54 Å². The molecule has 2 N–H and O–H groups in total. The summed E-state index contributed by atoms with van der Waals surface area (Å²) >= 11 is 6.39. The number of carbonyl (C=O) groups excluding carboxylic acids is 3. The highest BCUT2D eigenvalue weighted by Crippen LogP contribution is 2.28. The molecule has 31 heavy (non-hydrogen) atoms. The van der Waals surface area contributed by atoms with E-state index in [1.165, 1.54) is 10.5 Å². The van der Waals surface area contributed by atoms with Gasteiger partial charge in [0.1, 0.15) is 0 Å². The summed E-state index contributed by atoms with van der Waals surface area (Å²) in [4.78, 5) is 39.8. The SMILES string of the molecule is CN(C)C(=O)CNC(=O)NCc1ccc(C(=O)N2CCCCc3ccccc32)cc1Cl. The predicted molar refractivity (Wildman–Crippen MR) is 121 cm³/mol. The second-order valence-electron chi connectivity index (χ2n) is 7.67. The molecule has 1 aliphatic rings. The summed E-state index contributed by atoms with van der Waals surface area (Å²) < 4.78 is 0. The largest absolute Gasteiger partial charge is 0.347 e. The number of rotatable bonds is 5. The molecular formula is C23H27ClN4O3. The van der Waals surface area contributed by atoms with Crippen molar-refractivity contribution in [3.05, 3.63) is 64.2 Å². The van der Waals surface area contributed by atoms with Crippen LogP contribution in [-0.4, -0.2) is 49.9 Å². The van der Waals surface area contributed by atoms with E-state index >= 15 is 0 Å². The highest BCUT2D eigenvalue weighted by atomic mass is 35.5. The second-order valence-corrected chi connectivity index (χ2v) is 8.08. The first-order valence-corrected chi connectivity index (χ1v) is 10.6. The third-order valence-corrected chi connectivity index (χ3v) is 5.60. The minimum atomic E-state index is -0.465. The van der Waals surface area contributed by atoms with Gasteiger partial charge < -0.3 is 20.4 Å². The number of aryl methyl sites for hydroxylation is 1. The number of hydrogen-bond acceptors (Lipinski definition) is 3. The molecule has 0 aromatic heterocycles. The third kappa shape index (κ3) is 5.76. The van der Waals surface area contributed by atoms with Crippen LogP contribution in [0.5, 0.6) is 0 Å². The van der Waals surface area contributed by atoms with Gasteiger partial charge in [0.2, 0.25) is 5.91 Å². The number of benzene rings is 2. The molecule has 0 spiro atoms. The van der Waals surface area contributed by atoms with Crippen molar-refractivity contribution in [1.29, 1.82) is 0 Å². The fraction of sp³-hybridized carbons (Fsp3) is 0.348. The van der Waals surface area contributed by atoms with Gasteiger partial charge in [-0.05, 0) is 48.6 Å². The summed E-state index contributed by atoms with van der Waals surface area (Å²) in [7, 11) is 3.24. The zero-order valence-electron chi connectivity index (χ0n) is 17.8. The standard InChI is InChI=1S/C23H27ClN4O3/c1-27(2)21(29)15-26-23(31)25-14-18-11-10-17(13-19(18)24)22(30)28-12-6-5-8-16-7-3-4-9-20(16)28/h3-4,7,9-11,13H,5-6,8,12,14-15H2,1-2H3,(H2,25,26,31). The van der Waals surface area contributed by atoms with Crippen LogP contribution in [0.4, 0.5) is 10.5 Å². The van der Waals surface area contributed by atoms with Crippen LogP contribution in [0, 0.1) is 0 Å². The molecule has 7 nitrogen and oxygen atoms in total. The first-order valence-electron chi connectivity index (χ1n) is 10.3. The van der Waals surface area contributed by atoms with E-state index in [9.17, 15) is 14.4 Å². The van der Waals surface area contributed by atoms with E-state index in [1.807, 2.05) is 23.1 Å². The lowest BCUT2D eigenvalue weighted by molar-refractivity contribution is -0.127. The van der Waals surface area contributed by atoms with Crippen LogP contribution in [0.1, 0.15) is 34.3 Å². The molecule has 0 radical (unpaired) electrons. The minimum Gasteiger partial charge on any atom is -0.347 e. The quantitative estimate of drug-likeness (QED) is 0.746. The van der Waals surface area contributed by atoms with Crippen LogP contribution in [0.3, 0.4) is 0 Å². The normalized spacial score (nSPS) is 13.1. The molecule has 0 fully saturated rings. The van der Waals surface area contributed by atoms with Crippen LogP contribution in [0.15, 0.2) is 42.5 Å². The van der Waals surface area contributed by atoms with Gasteiger partial charge in [-0.2, -0.15) is 0 Å². The Hall–Kier alpha value is -3.06. The van der Waals surface area contributed by atoms with Gasteiger partial charge in [-0.25, -0.2) is 4.79 Å². The number of amides is 4. The van der Waals surface area contributed by atoms with Gasteiger partial charge in [0.15, 0.2) is 0 Å². The number of hydrogen-bond donors (Lipinski definition) is 2. The minimum absolute atomic E-state index is 0.0860. The van der Waals surface area contributed by atoms with Gasteiger partial charge in [0, 0.05) is 43.5 Å². The number of para-hydroxylation sites is 1. The van der Waals surface area contributed by atoms with E-state index < -0.39 is 6.03 Å². The average molecular weight is 443 g/mol. The van der Waals surface area contributed by atoms with Crippen LogP contribution in [0.25, 0.3) is 0 Å². The predicted octanol–water partition coefficient (Wildman–Crippen LogP) is 3.21. The van der Waals surface area contributed by atoms with Crippen LogP contribution < -0.4 is 15.5 Å². The zero-order chi connectivity index (χ0) is 22.4. The van der Waals surface area contributed by atoms with E-state index in [-0.39, 0.29) is 24.9 Å². The summed E-state index contributed by atoms with van der Waals surface area (Å²) in [6.07, 6.45) is 2.96. The molecular weight excluding hydrogens is 416 g/mol. The van der Waals surface area contributed by atoms with Crippen LogP contribution in [0.2, 0.25) is 5.02 Å². The summed E-state index contributed by atoms with van der Waals surface area (Å²) in [6.45, 7) is 0.766. The Morgan fingerprint density at radius 3 is 2.58 bits per heavy atom. The lowest BCUT2D eigenvalue weighted by atomic mass is 10.1. The van der Waals surface area contributed by atoms with E-state index in [4.69, 9.17) is 11.6 Å². The summed E-state index contributed by atoms with van der Waals surface area (Å²) in [5.74, 6) is -0.290. The Bertz CT molecular complexity index is 977. The summed E-state index contributed by atoms with van der Waals surface area (Å²) in [5, 5.41) is 5.56. The van der Waals surface area contributed by atoms with Crippen molar-refractivity contribution in [3.8, 4) is 0 Å². The molecule has 2 aromatic rings. The molecule has 8 heteroatoms. The molecule has 0 atom stereocenters. The van der Waals surface area contributed by atoms with E-state index in [1.54, 1.807) is 32.3 Å². The topological polar surface area (TPSA) is 81.8 Å². The molecule has 1 heterocycles.